The molecular formula is C18H18ClN3O2. The van der Waals surface area contributed by atoms with Crippen LogP contribution in [-0.4, -0.2) is 28.9 Å². The molecule has 0 radical (unpaired) electrons. The molecule has 0 aliphatic carbocycles. The molecule has 1 aliphatic heterocycles. The van der Waals surface area contributed by atoms with E-state index in [1.165, 1.54) is 0 Å². The van der Waals surface area contributed by atoms with Crippen molar-refractivity contribution in [2.45, 2.75) is 31.8 Å². The highest BCUT2D eigenvalue weighted by Crippen LogP contribution is 2.21. The number of rotatable bonds is 3. The van der Waals surface area contributed by atoms with Crippen LogP contribution in [0.4, 0.5) is 0 Å². The molecule has 1 saturated heterocycles. The molecule has 2 aromatic rings. The lowest BCUT2D eigenvalue weighted by Gasteiger charge is -2.30. The van der Waals surface area contributed by atoms with Crippen LogP contribution in [0.1, 0.15) is 30.1 Å². The van der Waals surface area contributed by atoms with Crippen LogP contribution in [-0.2, 0) is 4.79 Å². The number of carbonyl (C=O) groups is 2. The standard InChI is InChI=1S/C18H18ClN3O2/c1-11-16(6-7-17(23)21-11)22-18(24)14-8-13(9-20-10-14)12-2-4-15(19)5-3-12/h2-5,8-11,16H,6-7H2,1H3,(H,21,23)(H,22,24). The van der Waals surface area contributed by atoms with E-state index in [2.05, 4.69) is 15.6 Å². The Morgan fingerprint density at radius 3 is 2.71 bits per heavy atom. The molecule has 0 spiro atoms. The minimum Gasteiger partial charge on any atom is -0.352 e. The molecule has 2 unspecified atom stereocenters. The van der Waals surface area contributed by atoms with Crippen LogP contribution in [0.5, 0.6) is 0 Å². The fourth-order valence-corrected chi connectivity index (χ4v) is 2.90. The van der Waals surface area contributed by atoms with Crippen LogP contribution in [0.15, 0.2) is 42.7 Å². The minimum atomic E-state index is -0.189. The maximum Gasteiger partial charge on any atom is 0.253 e. The molecule has 1 fully saturated rings. The van der Waals surface area contributed by atoms with Gasteiger partial charge in [0.05, 0.1) is 5.56 Å². The van der Waals surface area contributed by atoms with E-state index in [4.69, 9.17) is 11.6 Å². The van der Waals surface area contributed by atoms with E-state index < -0.39 is 0 Å². The van der Waals surface area contributed by atoms with E-state index in [0.717, 1.165) is 11.1 Å². The Labute approximate surface area is 145 Å². The van der Waals surface area contributed by atoms with E-state index in [0.29, 0.717) is 23.4 Å². The zero-order valence-corrected chi connectivity index (χ0v) is 14.0. The SMILES string of the molecule is CC1NC(=O)CCC1NC(=O)c1cncc(-c2ccc(Cl)cc2)c1. The highest BCUT2D eigenvalue weighted by Gasteiger charge is 2.26. The second kappa shape index (κ2) is 7.01. The first-order valence-electron chi connectivity index (χ1n) is 7.84. The van der Waals surface area contributed by atoms with Crippen LogP contribution in [0.2, 0.25) is 5.02 Å². The zero-order valence-electron chi connectivity index (χ0n) is 13.3. The number of hydrogen-bond acceptors (Lipinski definition) is 3. The smallest absolute Gasteiger partial charge is 0.253 e. The molecule has 24 heavy (non-hydrogen) atoms. The van der Waals surface area contributed by atoms with Crippen molar-refractivity contribution in [1.82, 2.24) is 15.6 Å². The van der Waals surface area contributed by atoms with Crippen molar-refractivity contribution >= 4 is 23.4 Å². The molecule has 2 amide bonds. The van der Waals surface area contributed by atoms with E-state index in [1.54, 1.807) is 30.6 Å². The normalized spacial score (nSPS) is 20.3. The first-order valence-corrected chi connectivity index (χ1v) is 8.22. The number of carbonyl (C=O) groups excluding carboxylic acids is 2. The Hall–Kier alpha value is -2.40. The predicted octanol–water partition coefficient (Wildman–Crippen LogP) is 2.80. The summed E-state index contributed by atoms with van der Waals surface area (Å²) >= 11 is 5.90. The van der Waals surface area contributed by atoms with Crippen LogP contribution in [0.3, 0.4) is 0 Å². The average Bonchev–Trinajstić information content (AvgIpc) is 2.58. The van der Waals surface area contributed by atoms with Crippen LogP contribution in [0.25, 0.3) is 11.1 Å². The molecule has 0 saturated carbocycles. The van der Waals surface area contributed by atoms with E-state index >= 15 is 0 Å². The maximum atomic E-state index is 12.5. The van der Waals surface area contributed by atoms with Gasteiger partial charge >= 0.3 is 0 Å². The summed E-state index contributed by atoms with van der Waals surface area (Å²) in [5.41, 5.74) is 2.29. The first kappa shape index (κ1) is 16.5. The number of benzene rings is 1. The lowest BCUT2D eigenvalue weighted by molar-refractivity contribution is -0.123. The highest BCUT2D eigenvalue weighted by atomic mass is 35.5. The average molecular weight is 344 g/mol. The Morgan fingerprint density at radius 1 is 1.25 bits per heavy atom. The topological polar surface area (TPSA) is 71.1 Å². The number of pyridine rings is 1. The third kappa shape index (κ3) is 3.74. The molecule has 1 aromatic heterocycles. The van der Waals surface area contributed by atoms with Crippen LogP contribution < -0.4 is 10.6 Å². The third-order valence-corrected chi connectivity index (χ3v) is 4.42. The molecule has 2 atom stereocenters. The van der Waals surface area contributed by atoms with Gasteiger partial charge < -0.3 is 10.6 Å². The third-order valence-electron chi connectivity index (χ3n) is 4.17. The number of halogens is 1. The number of hydrogen-bond donors (Lipinski definition) is 2. The summed E-state index contributed by atoms with van der Waals surface area (Å²) in [7, 11) is 0. The Morgan fingerprint density at radius 2 is 2.00 bits per heavy atom. The summed E-state index contributed by atoms with van der Waals surface area (Å²) in [5, 5.41) is 6.49. The van der Waals surface area contributed by atoms with E-state index in [1.807, 2.05) is 19.1 Å². The number of nitrogens with zero attached hydrogens (tertiary/aromatic N) is 1. The molecular weight excluding hydrogens is 326 g/mol. The summed E-state index contributed by atoms with van der Waals surface area (Å²) in [6.07, 6.45) is 4.33. The molecule has 6 heteroatoms. The number of amides is 2. The van der Waals surface area contributed by atoms with Gasteiger partial charge in [-0.1, -0.05) is 23.7 Å². The zero-order chi connectivity index (χ0) is 17.1. The fourth-order valence-electron chi connectivity index (χ4n) is 2.78. The number of piperidine rings is 1. The molecule has 3 rings (SSSR count). The van der Waals surface area contributed by atoms with Crippen LogP contribution in [0, 0.1) is 0 Å². The fraction of sp³-hybridized carbons (Fsp3) is 0.278. The maximum absolute atomic E-state index is 12.5. The largest absolute Gasteiger partial charge is 0.352 e. The minimum absolute atomic E-state index is 0.0272. The first-order chi connectivity index (χ1) is 11.5. The van der Waals surface area contributed by atoms with Gasteiger partial charge in [0.25, 0.3) is 5.91 Å². The van der Waals surface area contributed by atoms with Crippen molar-refractivity contribution in [2.75, 3.05) is 0 Å². The van der Waals surface area contributed by atoms with Gasteiger partial charge in [-0.25, -0.2) is 0 Å². The number of aromatic nitrogens is 1. The summed E-state index contributed by atoms with van der Waals surface area (Å²) in [6.45, 7) is 1.89. The second-order valence-electron chi connectivity index (χ2n) is 5.94. The molecule has 1 aromatic carbocycles. The van der Waals surface area contributed by atoms with Gasteiger partial charge in [0.2, 0.25) is 5.91 Å². The Bertz CT molecular complexity index is 761. The van der Waals surface area contributed by atoms with Crippen molar-refractivity contribution in [3.05, 3.63) is 53.3 Å². The van der Waals surface area contributed by atoms with Crippen LogP contribution >= 0.6 is 11.6 Å². The van der Waals surface area contributed by atoms with Crippen molar-refractivity contribution in [1.29, 1.82) is 0 Å². The summed E-state index contributed by atoms with van der Waals surface area (Å²) in [5.74, 6) is -0.161. The summed E-state index contributed by atoms with van der Waals surface area (Å²) < 4.78 is 0. The Balaban J connectivity index is 1.75. The summed E-state index contributed by atoms with van der Waals surface area (Å²) in [6, 6.07) is 9.03. The van der Waals surface area contributed by atoms with Crippen molar-refractivity contribution in [3.8, 4) is 11.1 Å². The summed E-state index contributed by atoms with van der Waals surface area (Å²) in [4.78, 5) is 28.0. The molecule has 2 heterocycles. The number of nitrogens with one attached hydrogen (secondary N) is 2. The predicted molar refractivity (Wildman–Crippen MR) is 92.8 cm³/mol. The lowest BCUT2D eigenvalue weighted by atomic mass is 9.99. The van der Waals surface area contributed by atoms with Gasteiger partial charge in [-0.2, -0.15) is 0 Å². The van der Waals surface area contributed by atoms with Gasteiger partial charge in [-0.3, -0.25) is 14.6 Å². The quantitative estimate of drug-likeness (QED) is 0.900. The molecule has 1 aliphatic rings. The van der Waals surface area contributed by atoms with Gasteiger partial charge in [0.1, 0.15) is 0 Å². The van der Waals surface area contributed by atoms with E-state index in [9.17, 15) is 9.59 Å². The molecule has 2 N–H and O–H groups in total. The molecule has 124 valence electrons. The van der Waals surface area contributed by atoms with Gasteiger partial charge in [-0.15, -0.1) is 0 Å². The van der Waals surface area contributed by atoms with Crippen molar-refractivity contribution in [3.63, 3.8) is 0 Å². The van der Waals surface area contributed by atoms with Crippen molar-refractivity contribution in [2.24, 2.45) is 0 Å². The van der Waals surface area contributed by atoms with Gasteiger partial charge in [-0.05, 0) is 37.1 Å². The second-order valence-corrected chi connectivity index (χ2v) is 6.38. The van der Waals surface area contributed by atoms with E-state index in [-0.39, 0.29) is 23.9 Å². The Kier molecular flexibility index (Phi) is 4.81. The molecule has 0 bridgehead atoms. The lowest BCUT2D eigenvalue weighted by Crippen LogP contribution is -2.53. The highest BCUT2D eigenvalue weighted by molar-refractivity contribution is 6.30. The monoisotopic (exact) mass is 343 g/mol. The van der Waals surface area contributed by atoms with Gasteiger partial charge in [0.15, 0.2) is 0 Å². The van der Waals surface area contributed by atoms with Crippen molar-refractivity contribution < 1.29 is 9.59 Å². The molecule has 5 nitrogen and oxygen atoms in total. The van der Waals surface area contributed by atoms with Gasteiger partial charge in [0, 0.05) is 41.5 Å².